The van der Waals surface area contributed by atoms with E-state index in [4.69, 9.17) is 47.5 Å². The molecule has 2 saturated heterocycles. The lowest BCUT2D eigenvalue weighted by Crippen LogP contribution is -2.42. The lowest BCUT2D eigenvalue weighted by Gasteiger charge is -2.20. The van der Waals surface area contributed by atoms with Crippen molar-refractivity contribution >= 4 is 50.2 Å². The molecule has 62 heavy (non-hydrogen) atoms. The smallest absolute Gasteiger partial charge is 0.240 e. The quantitative estimate of drug-likeness (QED) is 0.125. The molecule has 3 N–H and O–H groups in total. The standard InChI is InChI=1S/C44H46Cl2N8O7S/c1-44(13-14-44)62(57,58)51-40(56)25-11-15-52(21-25)17-18-54-23-27(20-47)38-37(39(54)48)49-42(61-38)33-8-4-7-32(36(33)46)29-5-3-6-31-30(29)9-10-35(31)60-43-34(45)19-26(41(50-43)59-2)22-53-16-12-28(55)24-53/h3-8,19,23,25,28,35,48,55H,9-18,21-22,24H2,1-2H3,(H,51,56)/t25-,28-,35+/m1/s1. The van der Waals surface area contributed by atoms with E-state index in [1.165, 1.54) is 0 Å². The maximum Gasteiger partial charge on any atom is 0.240 e. The Labute approximate surface area is 368 Å². The van der Waals surface area contributed by atoms with Gasteiger partial charge in [0.2, 0.25) is 33.6 Å². The summed E-state index contributed by atoms with van der Waals surface area (Å²) >= 11 is 13.9. The SMILES string of the molecule is COc1nc(O[C@H]2CCc3c(-c4cccc(-c5nc6c(=N)n(CCN7CC[C@@H](C(=O)NS(=O)(=O)C8(C)CC8)C7)cc(C#N)c6o5)c4Cl)cccc32)c(Cl)cc1CN1CC[C@@H](O)C1. The molecule has 5 aromatic rings. The number of rotatable bonds is 13. The van der Waals surface area contributed by atoms with Crippen LogP contribution in [0.1, 0.15) is 67.4 Å². The number of benzene rings is 2. The molecule has 3 fully saturated rings. The Bertz CT molecular complexity index is 2820. The van der Waals surface area contributed by atoms with Crippen molar-refractivity contribution < 1.29 is 32.2 Å². The van der Waals surface area contributed by atoms with Crippen LogP contribution in [0.5, 0.6) is 11.8 Å². The van der Waals surface area contributed by atoms with Gasteiger partial charge < -0.3 is 28.5 Å². The number of methoxy groups -OCH3 is 1. The van der Waals surface area contributed by atoms with E-state index in [-0.39, 0.29) is 46.1 Å². The molecule has 2 aromatic carbocycles. The van der Waals surface area contributed by atoms with Gasteiger partial charge >= 0.3 is 0 Å². The average molecular weight is 902 g/mol. The number of amides is 1. The third-order valence-electron chi connectivity index (χ3n) is 12.7. The first-order valence-corrected chi connectivity index (χ1v) is 23.0. The number of aliphatic hydroxyl groups excluding tert-OH is 1. The van der Waals surface area contributed by atoms with Gasteiger partial charge in [-0.2, -0.15) is 10.2 Å². The second-order valence-electron chi connectivity index (χ2n) is 16.9. The number of hydrogen-bond donors (Lipinski definition) is 3. The first-order chi connectivity index (χ1) is 29.8. The number of hydrogen-bond acceptors (Lipinski definition) is 13. The van der Waals surface area contributed by atoms with Gasteiger partial charge in [0.15, 0.2) is 16.6 Å². The first-order valence-electron chi connectivity index (χ1n) is 20.7. The van der Waals surface area contributed by atoms with Crippen LogP contribution < -0.4 is 19.7 Å². The predicted molar refractivity (Wildman–Crippen MR) is 231 cm³/mol. The normalized spacial score (nSPS) is 20.9. The Balaban J connectivity index is 0.922. The number of halogens is 2. The fourth-order valence-corrected chi connectivity index (χ4v) is 10.7. The Morgan fingerprint density at radius 3 is 2.55 bits per heavy atom. The van der Waals surface area contributed by atoms with Crippen LogP contribution in [-0.2, 0) is 34.3 Å². The molecule has 0 unspecified atom stereocenters. The van der Waals surface area contributed by atoms with Crippen molar-refractivity contribution in [2.45, 2.75) is 75.5 Å². The summed E-state index contributed by atoms with van der Waals surface area (Å²) in [6.45, 7) is 5.36. The summed E-state index contributed by atoms with van der Waals surface area (Å²) in [6.07, 6.45) is 4.64. The Hall–Kier alpha value is -5.02. The highest BCUT2D eigenvalue weighted by atomic mass is 35.5. The number of fused-ring (bicyclic) bond motifs is 2. The predicted octanol–water partition coefficient (Wildman–Crippen LogP) is 5.98. The molecular weight excluding hydrogens is 856 g/mol. The van der Waals surface area contributed by atoms with Crippen molar-refractivity contribution in [2.24, 2.45) is 5.92 Å². The molecule has 1 saturated carbocycles. The zero-order valence-electron chi connectivity index (χ0n) is 34.3. The summed E-state index contributed by atoms with van der Waals surface area (Å²) in [6, 6.07) is 15.6. The number of oxazole rings is 1. The molecule has 15 nitrogen and oxygen atoms in total. The number of sulfonamides is 1. The largest absolute Gasteiger partial charge is 0.481 e. The van der Waals surface area contributed by atoms with E-state index in [0.717, 1.165) is 40.8 Å². The highest BCUT2D eigenvalue weighted by Gasteiger charge is 2.51. The van der Waals surface area contributed by atoms with Crippen LogP contribution in [0.2, 0.25) is 10.0 Å². The molecule has 1 amide bonds. The second-order valence-corrected chi connectivity index (χ2v) is 19.9. The van der Waals surface area contributed by atoms with Gasteiger partial charge in [-0.3, -0.25) is 19.8 Å². The molecule has 0 spiro atoms. The van der Waals surface area contributed by atoms with E-state index < -0.39 is 26.6 Å². The monoisotopic (exact) mass is 900 g/mol. The third-order valence-corrected chi connectivity index (χ3v) is 15.6. The molecule has 5 heterocycles. The van der Waals surface area contributed by atoms with Crippen LogP contribution in [0.15, 0.2) is 53.1 Å². The number of carbonyl (C=O) groups is 1. The van der Waals surface area contributed by atoms with E-state index >= 15 is 0 Å². The van der Waals surface area contributed by atoms with E-state index in [1.54, 1.807) is 30.9 Å². The molecule has 3 atom stereocenters. The Kier molecular flexibility index (Phi) is 11.3. The van der Waals surface area contributed by atoms with Crippen molar-refractivity contribution in [3.05, 3.63) is 86.4 Å². The van der Waals surface area contributed by atoms with Crippen LogP contribution in [-0.4, -0.2) is 94.5 Å². The van der Waals surface area contributed by atoms with Crippen LogP contribution in [0.4, 0.5) is 0 Å². The number of β-amino-alcohol motifs (C(OH)–C–C–N with tert-alkyl or cyclic N) is 1. The minimum Gasteiger partial charge on any atom is -0.481 e. The summed E-state index contributed by atoms with van der Waals surface area (Å²) in [4.78, 5) is 26.4. The molecule has 0 radical (unpaired) electrons. The van der Waals surface area contributed by atoms with Gasteiger partial charge in [0.1, 0.15) is 22.8 Å². The number of pyridine rings is 2. The molecule has 2 aliphatic heterocycles. The van der Waals surface area contributed by atoms with Gasteiger partial charge in [0, 0.05) is 56.6 Å². The maximum atomic E-state index is 12.9. The molecule has 18 heteroatoms. The van der Waals surface area contributed by atoms with Gasteiger partial charge in [-0.1, -0.05) is 53.5 Å². The minimum atomic E-state index is -3.71. The number of ether oxygens (including phenoxy) is 2. The third kappa shape index (κ3) is 7.95. The van der Waals surface area contributed by atoms with Crippen LogP contribution in [0.3, 0.4) is 0 Å². The fourth-order valence-electron chi connectivity index (χ4n) is 8.83. The van der Waals surface area contributed by atoms with Crippen molar-refractivity contribution in [2.75, 3.05) is 39.8 Å². The lowest BCUT2D eigenvalue weighted by atomic mass is 9.95. The van der Waals surface area contributed by atoms with E-state index in [9.17, 15) is 23.6 Å². The molecule has 2 aliphatic carbocycles. The number of nitriles is 1. The zero-order valence-corrected chi connectivity index (χ0v) is 36.6. The first kappa shape index (κ1) is 42.3. The molecular formula is C44H46Cl2N8O7S. The second kappa shape index (κ2) is 16.6. The number of nitrogens with one attached hydrogen (secondary N) is 2. The summed E-state index contributed by atoms with van der Waals surface area (Å²) in [7, 11) is -2.15. The van der Waals surface area contributed by atoms with Crippen LogP contribution in [0.25, 0.3) is 33.7 Å². The zero-order chi connectivity index (χ0) is 43.5. The summed E-state index contributed by atoms with van der Waals surface area (Å²) in [5.41, 5.74) is 5.73. The molecule has 0 bridgehead atoms. The summed E-state index contributed by atoms with van der Waals surface area (Å²) < 4.78 is 46.6. The molecule has 4 aliphatic rings. The van der Waals surface area contributed by atoms with Crippen molar-refractivity contribution in [3.8, 4) is 40.4 Å². The lowest BCUT2D eigenvalue weighted by molar-refractivity contribution is -0.122. The van der Waals surface area contributed by atoms with Gasteiger partial charge in [0.25, 0.3) is 0 Å². The van der Waals surface area contributed by atoms with E-state index in [1.807, 2.05) is 36.4 Å². The number of carbonyl (C=O) groups excluding carboxylic acids is 1. The maximum absolute atomic E-state index is 12.9. The van der Waals surface area contributed by atoms with Crippen molar-refractivity contribution in [3.63, 3.8) is 0 Å². The minimum absolute atomic E-state index is 0.0544. The fraction of sp³-hybridized carbons (Fsp3) is 0.432. The van der Waals surface area contributed by atoms with Crippen LogP contribution in [0, 0.1) is 22.7 Å². The number of likely N-dealkylation sites (tertiary alicyclic amines) is 2. The molecule has 3 aromatic heterocycles. The summed E-state index contributed by atoms with van der Waals surface area (Å²) in [5.74, 6) is -0.0589. The highest BCUT2D eigenvalue weighted by Crippen LogP contribution is 2.45. The highest BCUT2D eigenvalue weighted by molar-refractivity contribution is 7.91. The molecule has 324 valence electrons. The van der Waals surface area contributed by atoms with Gasteiger partial charge in [0.05, 0.1) is 34.5 Å². The van der Waals surface area contributed by atoms with Crippen LogP contribution >= 0.6 is 23.2 Å². The van der Waals surface area contributed by atoms with Gasteiger partial charge in [-0.25, -0.2) is 13.4 Å². The van der Waals surface area contributed by atoms with E-state index in [2.05, 4.69) is 25.6 Å². The van der Waals surface area contributed by atoms with E-state index in [0.29, 0.717) is 92.9 Å². The number of nitrogens with zero attached hydrogens (tertiary/aromatic N) is 6. The Morgan fingerprint density at radius 1 is 1.05 bits per heavy atom. The van der Waals surface area contributed by atoms with Crippen molar-refractivity contribution in [1.29, 1.82) is 10.7 Å². The number of aromatic nitrogens is 3. The van der Waals surface area contributed by atoms with Gasteiger partial charge in [-0.05, 0) is 80.8 Å². The topological polar surface area (TPSA) is 200 Å². The van der Waals surface area contributed by atoms with Gasteiger partial charge in [-0.15, -0.1) is 0 Å². The summed E-state index contributed by atoms with van der Waals surface area (Å²) in [5, 5.41) is 30.0. The average Bonchev–Trinajstić information content (AvgIpc) is 3.72. The molecule has 9 rings (SSSR count). The Morgan fingerprint density at radius 2 is 1.81 bits per heavy atom. The van der Waals surface area contributed by atoms with Crippen molar-refractivity contribution in [1.82, 2.24) is 29.1 Å². The number of aliphatic hydroxyl groups is 1.